The molecule has 12 N–H and O–H groups in total. The minimum atomic E-state index is -4.24. The number of aliphatic hydroxyl groups is 4. The number of nitrogens with one attached hydrogen (secondary N) is 6. The Balaban J connectivity index is 1.75. The van der Waals surface area contributed by atoms with Crippen LogP contribution in [0, 0.1) is 0 Å². The predicted molar refractivity (Wildman–Crippen MR) is 166 cm³/mol. The topological polar surface area (TPSA) is 339 Å². The Hall–Kier alpha value is -4.30. The molecule has 3 aromatic rings. The van der Waals surface area contributed by atoms with E-state index in [-0.39, 0.29) is 61.9 Å². The van der Waals surface area contributed by atoms with Gasteiger partial charge < -0.3 is 52.3 Å². The lowest BCUT2D eigenvalue weighted by Crippen LogP contribution is -2.24. The Morgan fingerprint density at radius 3 is 1.15 bits per heavy atom. The normalized spacial score (nSPS) is 13.0. The van der Waals surface area contributed by atoms with Crippen molar-refractivity contribution in [2.45, 2.75) is 12.2 Å². The molecule has 0 amide bonds. The van der Waals surface area contributed by atoms with Gasteiger partial charge in [0.2, 0.25) is 35.7 Å². The zero-order chi connectivity index (χ0) is 33.7. The standard InChI is InChI=1S/C22H34N12O10S2/c35-11-15(37)9-25-19-29-17(23-5-7-45(39,40)41)31-21(33-19)27-13-1-2-14(4-3-13)28-22-32-18(24-6-8-46(42,43)44)30-20(34-22)26-10-16(38)12-36/h1-4,15-16,35-38H,5-12H2,(H,39,40,41)(H,42,43,44)(H3,23,25,27,29,31,33)(H3,24,26,28,30,32,34). The van der Waals surface area contributed by atoms with Gasteiger partial charge in [0.1, 0.15) is 0 Å². The van der Waals surface area contributed by atoms with Crippen molar-refractivity contribution in [2.24, 2.45) is 0 Å². The molecule has 1 aromatic carbocycles. The highest BCUT2D eigenvalue weighted by molar-refractivity contribution is 7.86. The number of nitrogens with zero attached hydrogens (tertiary/aromatic N) is 6. The fraction of sp³-hybridized carbons (Fsp3) is 0.455. The molecule has 2 aromatic heterocycles. The first kappa shape index (κ1) is 36.2. The highest BCUT2D eigenvalue weighted by atomic mass is 32.2. The minimum absolute atomic E-state index is 0.00981. The molecule has 22 nitrogen and oxygen atoms in total. The van der Waals surface area contributed by atoms with Gasteiger partial charge in [0.25, 0.3) is 20.2 Å². The average Bonchev–Trinajstić information content (AvgIpc) is 2.98. The van der Waals surface area contributed by atoms with Crippen LogP contribution in [0.15, 0.2) is 24.3 Å². The Bertz CT molecular complexity index is 1510. The number of hydrogen-bond donors (Lipinski definition) is 12. The van der Waals surface area contributed by atoms with Crippen molar-refractivity contribution in [3.05, 3.63) is 24.3 Å². The van der Waals surface area contributed by atoms with Gasteiger partial charge in [-0.2, -0.15) is 46.7 Å². The van der Waals surface area contributed by atoms with E-state index in [9.17, 15) is 27.0 Å². The van der Waals surface area contributed by atoms with E-state index in [1.54, 1.807) is 24.3 Å². The van der Waals surface area contributed by atoms with Crippen LogP contribution in [0.4, 0.5) is 47.1 Å². The zero-order valence-electron chi connectivity index (χ0n) is 23.9. The van der Waals surface area contributed by atoms with E-state index in [2.05, 4.69) is 61.8 Å². The maximum absolute atomic E-state index is 11.0. The Labute approximate surface area is 262 Å². The Morgan fingerprint density at radius 2 is 0.848 bits per heavy atom. The molecule has 0 aliphatic carbocycles. The van der Waals surface area contributed by atoms with Crippen LogP contribution in [0.2, 0.25) is 0 Å². The van der Waals surface area contributed by atoms with Crippen molar-refractivity contribution in [1.29, 1.82) is 0 Å². The Kier molecular flexibility index (Phi) is 13.2. The summed E-state index contributed by atoms with van der Waals surface area (Å²) in [6.07, 6.45) is -2.20. The van der Waals surface area contributed by atoms with Gasteiger partial charge in [-0.15, -0.1) is 0 Å². The molecule has 2 atom stereocenters. The summed E-state index contributed by atoms with van der Waals surface area (Å²) in [7, 11) is -8.48. The summed E-state index contributed by atoms with van der Waals surface area (Å²) in [5.74, 6) is -1.29. The lowest BCUT2D eigenvalue weighted by Gasteiger charge is -2.13. The third-order valence-electron chi connectivity index (χ3n) is 5.37. The van der Waals surface area contributed by atoms with E-state index in [0.717, 1.165) is 0 Å². The molecule has 0 bridgehead atoms. The van der Waals surface area contributed by atoms with Crippen LogP contribution in [0.25, 0.3) is 0 Å². The summed E-state index contributed by atoms with van der Waals surface area (Å²) in [6, 6.07) is 6.51. The van der Waals surface area contributed by atoms with Crippen LogP contribution >= 0.6 is 0 Å². The fourth-order valence-electron chi connectivity index (χ4n) is 3.21. The lowest BCUT2D eigenvalue weighted by atomic mass is 10.3. The highest BCUT2D eigenvalue weighted by Gasteiger charge is 2.13. The van der Waals surface area contributed by atoms with Crippen molar-refractivity contribution in [1.82, 2.24) is 29.9 Å². The monoisotopic (exact) mass is 690 g/mol. The second-order valence-electron chi connectivity index (χ2n) is 9.30. The van der Waals surface area contributed by atoms with Gasteiger partial charge in [0, 0.05) is 37.6 Å². The number of hydrogen-bond acceptors (Lipinski definition) is 20. The third-order valence-corrected chi connectivity index (χ3v) is 6.81. The minimum Gasteiger partial charge on any atom is -0.394 e. The molecule has 0 spiro atoms. The second kappa shape index (κ2) is 16.9. The maximum Gasteiger partial charge on any atom is 0.266 e. The van der Waals surface area contributed by atoms with E-state index in [0.29, 0.717) is 11.4 Å². The van der Waals surface area contributed by atoms with Crippen LogP contribution < -0.4 is 31.9 Å². The number of rotatable bonds is 20. The molecule has 0 radical (unpaired) electrons. The van der Waals surface area contributed by atoms with Crippen LogP contribution in [0.1, 0.15) is 0 Å². The lowest BCUT2D eigenvalue weighted by molar-refractivity contribution is 0.105. The van der Waals surface area contributed by atoms with Gasteiger partial charge >= 0.3 is 0 Å². The number of benzene rings is 1. The first-order valence-electron chi connectivity index (χ1n) is 13.3. The second-order valence-corrected chi connectivity index (χ2v) is 12.4. The van der Waals surface area contributed by atoms with Gasteiger partial charge in [0.15, 0.2) is 0 Å². The summed E-state index contributed by atoms with van der Waals surface area (Å²) >= 11 is 0. The van der Waals surface area contributed by atoms with Crippen LogP contribution in [0.3, 0.4) is 0 Å². The molecule has 0 fully saturated rings. The predicted octanol–water partition coefficient (Wildman–Crippen LogP) is -2.33. The van der Waals surface area contributed by atoms with Gasteiger partial charge in [-0.05, 0) is 24.3 Å². The maximum atomic E-state index is 11.0. The molecule has 0 saturated heterocycles. The summed E-state index contributed by atoms with van der Waals surface area (Å²) in [5, 5.41) is 54.0. The Morgan fingerprint density at radius 1 is 0.543 bits per heavy atom. The van der Waals surface area contributed by atoms with Gasteiger partial charge in [-0.25, -0.2) is 0 Å². The van der Waals surface area contributed by atoms with Crippen molar-refractivity contribution < 1.29 is 46.4 Å². The number of anilines is 8. The van der Waals surface area contributed by atoms with Crippen LogP contribution in [-0.4, -0.2) is 139 Å². The van der Waals surface area contributed by atoms with Crippen LogP contribution in [-0.2, 0) is 20.2 Å². The summed E-state index contributed by atoms with van der Waals surface area (Å²) in [4.78, 5) is 24.9. The van der Waals surface area contributed by atoms with E-state index in [4.69, 9.17) is 19.3 Å². The molecule has 2 heterocycles. The van der Waals surface area contributed by atoms with Crippen molar-refractivity contribution >= 4 is 67.3 Å². The van der Waals surface area contributed by atoms with Crippen molar-refractivity contribution in [3.63, 3.8) is 0 Å². The smallest absolute Gasteiger partial charge is 0.266 e. The van der Waals surface area contributed by atoms with E-state index in [1.807, 2.05) is 0 Å². The molecule has 46 heavy (non-hydrogen) atoms. The van der Waals surface area contributed by atoms with Gasteiger partial charge in [-0.1, -0.05) is 0 Å². The quantitative estimate of drug-likeness (QED) is 0.0553. The molecule has 0 aliphatic rings. The summed E-state index contributed by atoms with van der Waals surface area (Å²) in [6.45, 7) is -1.64. The van der Waals surface area contributed by atoms with E-state index < -0.39 is 57.2 Å². The highest BCUT2D eigenvalue weighted by Crippen LogP contribution is 2.21. The van der Waals surface area contributed by atoms with Crippen molar-refractivity contribution in [2.75, 3.05) is 82.8 Å². The largest absolute Gasteiger partial charge is 0.394 e. The van der Waals surface area contributed by atoms with Crippen molar-refractivity contribution in [3.8, 4) is 0 Å². The van der Waals surface area contributed by atoms with Gasteiger partial charge in [0.05, 0.1) is 36.9 Å². The summed E-state index contributed by atoms with van der Waals surface area (Å²) in [5.41, 5.74) is 0.982. The molecule has 24 heteroatoms. The third kappa shape index (κ3) is 13.8. The molecule has 2 unspecified atom stereocenters. The molecular formula is C22H34N12O10S2. The van der Waals surface area contributed by atoms with Gasteiger partial charge in [-0.3, -0.25) is 9.11 Å². The average molecular weight is 691 g/mol. The molecule has 3 rings (SSSR count). The summed E-state index contributed by atoms with van der Waals surface area (Å²) < 4.78 is 62.1. The zero-order valence-corrected chi connectivity index (χ0v) is 25.6. The first-order valence-corrected chi connectivity index (χ1v) is 16.5. The fourth-order valence-corrected chi connectivity index (χ4v) is 3.93. The van der Waals surface area contributed by atoms with Crippen LogP contribution in [0.5, 0.6) is 0 Å². The SMILES string of the molecule is O=S(=O)(O)CCNc1nc(NCC(O)CO)nc(Nc2ccc(Nc3nc(NCCS(=O)(=O)O)nc(NCC(O)CO)n3)cc2)n1. The molecule has 254 valence electrons. The van der Waals surface area contributed by atoms with E-state index >= 15 is 0 Å². The molecular weight excluding hydrogens is 656 g/mol. The number of aromatic nitrogens is 6. The van der Waals surface area contributed by atoms with E-state index in [1.165, 1.54) is 0 Å². The molecule has 0 saturated carbocycles. The molecule has 0 aliphatic heterocycles. The number of aliphatic hydroxyl groups excluding tert-OH is 4. The first-order chi connectivity index (χ1) is 21.7.